The third-order valence-corrected chi connectivity index (χ3v) is 11.4. The molecule has 9 heteroatoms. The summed E-state index contributed by atoms with van der Waals surface area (Å²) < 4.78 is 44.4. The molecule has 39 heavy (non-hydrogen) atoms. The fraction of sp³-hybridized carbons (Fsp3) is 0.767. The SMILES string of the molecule is CC[C@H]1CC[C@H](OC(=O)O[C@@]2(C(=O)O)[C@H](C)C[C@H]3[C@@H]4C[C@H](F)C5=CC(=O)C=C[C@]5(C)C4(F)[C@@H](O)C[C@@]32C)CC1. The van der Waals surface area contributed by atoms with Crippen LogP contribution in [-0.2, 0) is 19.1 Å². The molecule has 0 amide bonds. The number of ketones is 1. The molecular weight excluding hydrogens is 510 g/mol. The molecule has 5 aliphatic carbocycles. The highest BCUT2D eigenvalue weighted by atomic mass is 19.1. The monoisotopic (exact) mass is 550 g/mol. The first kappa shape index (κ1) is 28.2. The minimum absolute atomic E-state index is 0.00423. The normalized spacial score (nSPS) is 48.8. The van der Waals surface area contributed by atoms with Crippen LogP contribution in [0.1, 0.15) is 79.1 Å². The number of carbonyl (C=O) groups excluding carboxylic acids is 2. The maximum absolute atomic E-state index is 17.4. The Morgan fingerprint density at radius 1 is 1.13 bits per heavy atom. The summed E-state index contributed by atoms with van der Waals surface area (Å²) in [5.41, 5.74) is -7.38. The van der Waals surface area contributed by atoms with Crippen LogP contribution in [0.3, 0.4) is 0 Å². The summed E-state index contributed by atoms with van der Waals surface area (Å²) in [6.45, 7) is 6.88. The van der Waals surface area contributed by atoms with Gasteiger partial charge in [-0.3, -0.25) is 4.79 Å². The van der Waals surface area contributed by atoms with Gasteiger partial charge in [0.15, 0.2) is 11.5 Å². The molecule has 9 atom stereocenters. The van der Waals surface area contributed by atoms with Crippen molar-refractivity contribution < 1.29 is 42.9 Å². The number of carboxylic acid groups (broad SMARTS) is 1. The van der Waals surface area contributed by atoms with E-state index in [2.05, 4.69) is 6.92 Å². The van der Waals surface area contributed by atoms with Crippen molar-refractivity contribution in [3.63, 3.8) is 0 Å². The number of carbonyl (C=O) groups is 3. The first-order chi connectivity index (χ1) is 18.2. The molecule has 4 saturated carbocycles. The minimum Gasteiger partial charge on any atom is -0.478 e. The highest BCUT2D eigenvalue weighted by Gasteiger charge is 2.78. The van der Waals surface area contributed by atoms with Crippen molar-refractivity contribution in [3.05, 3.63) is 23.8 Å². The van der Waals surface area contributed by atoms with Gasteiger partial charge >= 0.3 is 12.1 Å². The Labute approximate surface area is 228 Å². The van der Waals surface area contributed by atoms with Gasteiger partial charge in [-0.2, -0.15) is 0 Å². The van der Waals surface area contributed by atoms with Gasteiger partial charge in [0, 0.05) is 22.7 Å². The summed E-state index contributed by atoms with van der Waals surface area (Å²) in [4.78, 5) is 38.1. The van der Waals surface area contributed by atoms with Crippen LogP contribution < -0.4 is 0 Å². The fourth-order valence-corrected chi connectivity index (χ4v) is 9.19. The highest BCUT2D eigenvalue weighted by Crippen LogP contribution is 2.71. The molecule has 0 spiro atoms. The second-order valence-corrected chi connectivity index (χ2v) is 13.1. The van der Waals surface area contributed by atoms with Gasteiger partial charge in [0.2, 0.25) is 5.60 Å². The molecule has 1 unspecified atom stereocenters. The number of rotatable bonds is 4. The standard InChI is InChI=1S/C30H40F2O7/c1-5-17-6-8-19(9-7-17)38-26(37)39-30(25(35)36)16(2)12-20-21-14-23(31)22-13-18(33)10-11-27(22,3)29(21,32)24(34)15-28(20,30)4/h10-11,13,16-17,19-21,23-24,34H,5-9,12,14-15H2,1-4H3,(H,35,36)/t16-,17-,19-,20+,21+,23+,24+,27+,28+,29?,30-/m1/s1. The first-order valence-electron chi connectivity index (χ1n) is 14.3. The Kier molecular flexibility index (Phi) is 6.80. The first-order valence-corrected chi connectivity index (χ1v) is 14.3. The van der Waals surface area contributed by atoms with Gasteiger partial charge in [0.25, 0.3) is 0 Å². The molecule has 4 fully saturated rings. The Morgan fingerprint density at radius 2 is 1.79 bits per heavy atom. The van der Waals surface area contributed by atoms with Crippen molar-refractivity contribution in [2.75, 3.05) is 0 Å². The molecule has 0 aromatic rings. The zero-order chi connectivity index (χ0) is 28.5. The lowest BCUT2D eigenvalue weighted by Gasteiger charge is -2.62. The summed E-state index contributed by atoms with van der Waals surface area (Å²) in [5.74, 6) is -3.74. The molecule has 0 aliphatic heterocycles. The number of allylic oxidation sites excluding steroid dienone is 4. The molecule has 0 heterocycles. The van der Waals surface area contributed by atoms with Gasteiger partial charge in [-0.1, -0.05) is 33.3 Å². The van der Waals surface area contributed by atoms with E-state index < -0.39 is 70.0 Å². The van der Waals surface area contributed by atoms with E-state index in [4.69, 9.17) is 9.47 Å². The van der Waals surface area contributed by atoms with Crippen LogP contribution in [0, 0.1) is 34.5 Å². The van der Waals surface area contributed by atoms with E-state index in [0.717, 1.165) is 25.3 Å². The van der Waals surface area contributed by atoms with Crippen LogP contribution >= 0.6 is 0 Å². The molecule has 0 bridgehead atoms. The van der Waals surface area contributed by atoms with E-state index in [1.165, 1.54) is 19.1 Å². The van der Waals surface area contributed by atoms with Gasteiger partial charge in [-0.15, -0.1) is 0 Å². The van der Waals surface area contributed by atoms with E-state index in [-0.39, 0.29) is 30.9 Å². The molecule has 216 valence electrons. The second-order valence-electron chi connectivity index (χ2n) is 13.1. The van der Waals surface area contributed by atoms with Crippen molar-refractivity contribution in [1.29, 1.82) is 0 Å². The second kappa shape index (κ2) is 9.38. The van der Waals surface area contributed by atoms with E-state index in [9.17, 15) is 24.6 Å². The molecule has 0 radical (unpaired) electrons. The molecule has 5 aliphatic rings. The van der Waals surface area contributed by atoms with Gasteiger partial charge in [-0.05, 0) is 81.4 Å². The Hall–Kier alpha value is -2.29. The van der Waals surface area contributed by atoms with Crippen molar-refractivity contribution in [2.45, 2.75) is 109 Å². The number of halogens is 2. The van der Waals surface area contributed by atoms with Crippen molar-refractivity contribution in [1.82, 2.24) is 0 Å². The zero-order valence-electron chi connectivity index (χ0n) is 23.1. The number of alkyl halides is 2. The zero-order valence-corrected chi connectivity index (χ0v) is 23.1. The van der Waals surface area contributed by atoms with Crippen LogP contribution in [0.2, 0.25) is 0 Å². The third-order valence-electron chi connectivity index (χ3n) is 11.4. The third kappa shape index (κ3) is 3.77. The molecule has 2 N–H and O–H groups in total. The topological polar surface area (TPSA) is 110 Å². The van der Waals surface area contributed by atoms with Crippen LogP contribution in [0.15, 0.2) is 23.8 Å². The van der Waals surface area contributed by atoms with Crippen LogP contribution in [0.5, 0.6) is 0 Å². The summed E-state index contributed by atoms with van der Waals surface area (Å²) in [7, 11) is 0. The largest absolute Gasteiger partial charge is 0.509 e. The molecule has 5 rings (SSSR count). The maximum atomic E-state index is 17.4. The molecule has 0 aromatic carbocycles. The summed E-state index contributed by atoms with van der Waals surface area (Å²) in [6.07, 6.45) is 2.72. The molecule has 0 saturated heterocycles. The predicted octanol–water partition coefficient (Wildman–Crippen LogP) is 5.50. The average molecular weight is 551 g/mol. The predicted molar refractivity (Wildman–Crippen MR) is 137 cm³/mol. The Bertz CT molecular complexity index is 1110. The van der Waals surface area contributed by atoms with Crippen LogP contribution in [-0.4, -0.2) is 57.8 Å². The molecule has 7 nitrogen and oxygen atoms in total. The number of ether oxygens (including phenoxy) is 2. The average Bonchev–Trinajstić information content (AvgIpc) is 3.09. The van der Waals surface area contributed by atoms with E-state index in [0.29, 0.717) is 18.8 Å². The minimum atomic E-state index is -2.34. The summed E-state index contributed by atoms with van der Waals surface area (Å²) >= 11 is 0. The van der Waals surface area contributed by atoms with Crippen molar-refractivity contribution in [2.24, 2.45) is 34.5 Å². The number of hydrogen-bond acceptors (Lipinski definition) is 6. The van der Waals surface area contributed by atoms with Gasteiger partial charge in [-0.25, -0.2) is 18.4 Å². The van der Waals surface area contributed by atoms with Gasteiger partial charge < -0.3 is 19.7 Å². The summed E-state index contributed by atoms with van der Waals surface area (Å²) in [5, 5.41) is 22.1. The van der Waals surface area contributed by atoms with E-state index in [1.807, 2.05) is 0 Å². The van der Waals surface area contributed by atoms with Gasteiger partial charge in [0.1, 0.15) is 12.3 Å². The van der Waals surface area contributed by atoms with E-state index in [1.54, 1.807) is 13.8 Å². The van der Waals surface area contributed by atoms with Crippen LogP contribution in [0.25, 0.3) is 0 Å². The number of aliphatic carboxylic acids is 1. The number of aliphatic hydroxyl groups excluding tert-OH is 1. The number of fused-ring (bicyclic) bond motifs is 5. The summed E-state index contributed by atoms with van der Waals surface area (Å²) in [6, 6.07) is 0. The maximum Gasteiger partial charge on any atom is 0.509 e. The van der Waals surface area contributed by atoms with Crippen molar-refractivity contribution >= 4 is 17.9 Å². The van der Waals surface area contributed by atoms with Gasteiger partial charge in [0.05, 0.1) is 6.10 Å². The Balaban J connectivity index is 1.47. The Morgan fingerprint density at radius 3 is 2.41 bits per heavy atom. The molecular formula is C30H40F2O7. The lowest BCUT2D eigenvalue weighted by molar-refractivity contribution is -0.232. The number of carboxylic acids is 1. The number of hydrogen-bond donors (Lipinski definition) is 2. The smallest absolute Gasteiger partial charge is 0.478 e. The lowest BCUT2D eigenvalue weighted by atomic mass is 9.44. The number of aliphatic hydroxyl groups is 1. The molecule has 0 aromatic heterocycles. The van der Waals surface area contributed by atoms with Crippen molar-refractivity contribution in [3.8, 4) is 0 Å². The lowest BCUT2D eigenvalue weighted by Crippen LogP contribution is -2.71. The van der Waals surface area contributed by atoms with Crippen LogP contribution in [0.4, 0.5) is 13.6 Å². The highest BCUT2D eigenvalue weighted by molar-refractivity contribution is 6.01. The van der Waals surface area contributed by atoms with E-state index >= 15 is 8.78 Å². The quantitative estimate of drug-likeness (QED) is 0.445. The fourth-order valence-electron chi connectivity index (χ4n) is 9.19.